The molecule has 2 atom stereocenters. The second-order valence-corrected chi connectivity index (χ2v) is 2.67. The van der Waals surface area contributed by atoms with Crippen molar-refractivity contribution < 1.29 is 24.9 Å². The Hall–Kier alpha value is -1.40. The van der Waals surface area contributed by atoms with Crippen LogP contribution < -0.4 is 5.32 Å². The Balaban J connectivity index is 4.08. The zero-order valence-corrected chi connectivity index (χ0v) is 7.51. The molecule has 0 spiro atoms. The molecule has 0 aliphatic rings. The van der Waals surface area contributed by atoms with Crippen LogP contribution in [-0.2, 0) is 9.59 Å². The van der Waals surface area contributed by atoms with Crippen LogP contribution in [0.4, 0.5) is 0 Å². The molecule has 0 aliphatic carbocycles. The highest BCUT2D eigenvalue weighted by atomic mass is 16.4. The van der Waals surface area contributed by atoms with Gasteiger partial charge in [0.25, 0.3) is 0 Å². The van der Waals surface area contributed by atoms with E-state index in [0.29, 0.717) is 0 Å². The number of aliphatic carboxylic acids is 2. The summed E-state index contributed by atoms with van der Waals surface area (Å²) in [6, 6.07) is -1.08. The number of rotatable bonds is 7. The topological polar surface area (TPSA) is 107 Å². The lowest BCUT2D eigenvalue weighted by Crippen LogP contribution is -2.42. The average molecular weight is 203 g/mol. The van der Waals surface area contributed by atoms with Gasteiger partial charge in [-0.2, -0.15) is 0 Å². The molecule has 0 aromatic carbocycles. The van der Waals surface area contributed by atoms with Crippen LogP contribution in [0.2, 0.25) is 0 Å². The van der Waals surface area contributed by atoms with Crippen molar-refractivity contribution in [3.8, 4) is 0 Å². The first-order valence-electron chi connectivity index (χ1n) is 3.98. The van der Waals surface area contributed by atoms with Gasteiger partial charge in [-0.25, -0.2) is 0 Å². The van der Waals surface area contributed by atoms with Crippen LogP contribution in [0.3, 0.4) is 0 Å². The lowest BCUT2D eigenvalue weighted by molar-refractivity contribution is -0.141. The molecule has 6 heteroatoms. The molecule has 0 amide bonds. The van der Waals surface area contributed by atoms with E-state index >= 15 is 0 Å². The lowest BCUT2D eigenvalue weighted by atomic mass is 10.1. The molecular formula is C8H13NO5. The number of carbonyl (C=O) groups is 2. The third kappa shape index (κ3) is 5.28. The maximum atomic E-state index is 10.6. The van der Waals surface area contributed by atoms with Crippen molar-refractivity contribution in [3.05, 3.63) is 12.7 Å². The van der Waals surface area contributed by atoms with Gasteiger partial charge in [-0.05, 0) is 12.5 Å². The highest BCUT2D eigenvalue weighted by molar-refractivity contribution is 5.75. The van der Waals surface area contributed by atoms with Gasteiger partial charge in [0.2, 0.25) is 0 Å². The standard InChI is InChI=1S/C8H13NO5/c1-2-6(10)9-5(8(13)14)3-4-7(11)12/h2,5-6,9-10H,1,3-4H2,(H,11,12)(H,13,14). The van der Waals surface area contributed by atoms with Crippen molar-refractivity contribution in [2.45, 2.75) is 25.1 Å². The number of hydrogen-bond donors (Lipinski definition) is 4. The molecule has 80 valence electrons. The Morgan fingerprint density at radius 1 is 1.43 bits per heavy atom. The van der Waals surface area contributed by atoms with E-state index in [1.165, 1.54) is 0 Å². The van der Waals surface area contributed by atoms with E-state index in [-0.39, 0.29) is 12.8 Å². The molecule has 0 rings (SSSR count). The minimum Gasteiger partial charge on any atom is -0.481 e. The first-order valence-corrected chi connectivity index (χ1v) is 3.98. The highest BCUT2D eigenvalue weighted by Crippen LogP contribution is 1.99. The second kappa shape index (κ2) is 6.11. The Kier molecular flexibility index (Phi) is 5.50. The van der Waals surface area contributed by atoms with E-state index in [2.05, 4.69) is 11.9 Å². The number of aliphatic hydroxyl groups excluding tert-OH is 1. The fourth-order valence-corrected chi connectivity index (χ4v) is 0.820. The van der Waals surface area contributed by atoms with Crippen LogP contribution in [0.25, 0.3) is 0 Å². The van der Waals surface area contributed by atoms with E-state index in [4.69, 9.17) is 15.3 Å². The molecule has 0 aliphatic heterocycles. The molecule has 0 aromatic rings. The van der Waals surface area contributed by atoms with Crippen LogP contribution in [0.15, 0.2) is 12.7 Å². The minimum atomic E-state index is -1.20. The molecule has 0 radical (unpaired) electrons. The van der Waals surface area contributed by atoms with Crippen LogP contribution >= 0.6 is 0 Å². The summed E-state index contributed by atoms with van der Waals surface area (Å²) in [5.74, 6) is -2.28. The third-order valence-corrected chi connectivity index (χ3v) is 1.54. The van der Waals surface area contributed by atoms with Gasteiger partial charge in [-0.1, -0.05) is 6.58 Å². The van der Waals surface area contributed by atoms with E-state index < -0.39 is 24.2 Å². The van der Waals surface area contributed by atoms with Crippen molar-refractivity contribution in [1.82, 2.24) is 5.32 Å². The Morgan fingerprint density at radius 2 is 2.00 bits per heavy atom. The molecule has 0 saturated carbocycles. The van der Waals surface area contributed by atoms with Crippen LogP contribution in [0.1, 0.15) is 12.8 Å². The van der Waals surface area contributed by atoms with Crippen molar-refractivity contribution in [1.29, 1.82) is 0 Å². The van der Waals surface area contributed by atoms with Crippen LogP contribution in [-0.4, -0.2) is 39.5 Å². The number of aliphatic hydroxyl groups is 1. The summed E-state index contributed by atoms with van der Waals surface area (Å²) >= 11 is 0. The van der Waals surface area contributed by atoms with E-state index in [9.17, 15) is 9.59 Å². The Bertz CT molecular complexity index is 228. The van der Waals surface area contributed by atoms with Crippen molar-refractivity contribution in [3.63, 3.8) is 0 Å². The highest BCUT2D eigenvalue weighted by Gasteiger charge is 2.19. The number of carboxylic acid groups (broad SMARTS) is 2. The normalized spacial score (nSPS) is 14.4. The zero-order chi connectivity index (χ0) is 11.1. The number of carboxylic acids is 2. The maximum Gasteiger partial charge on any atom is 0.320 e. The summed E-state index contributed by atoms with van der Waals surface area (Å²) in [6.07, 6.45) is -0.384. The summed E-state index contributed by atoms with van der Waals surface area (Å²) in [7, 11) is 0. The number of hydrogen-bond acceptors (Lipinski definition) is 4. The summed E-state index contributed by atoms with van der Waals surface area (Å²) in [5.41, 5.74) is 0. The van der Waals surface area contributed by atoms with Gasteiger partial charge in [0.1, 0.15) is 12.3 Å². The predicted octanol–water partition coefficient (Wildman–Crippen LogP) is -0.602. The smallest absolute Gasteiger partial charge is 0.320 e. The summed E-state index contributed by atoms with van der Waals surface area (Å²) in [6.45, 7) is 3.25. The first kappa shape index (κ1) is 12.6. The van der Waals surface area contributed by atoms with Crippen LogP contribution in [0.5, 0.6) is 0 Å². The molecule has 14 heavy (non-hydrogen) atoms. The first-order chi connectivity index (χ1) is 6.47. The van der Waals surface area contributed by atoms with E-state index in [1.807, 2.05) is 0 Å². The van der Waals surface area contributed by atoms with Gasteiger partial charge in [-0.15, -0.1) is 0 Å². The molecule has 0 saturated heterocycles. The Morgan fingerprint density at radius 3 is 2.36 bits per heavy atom. The van der Waals surface area contributed by atoms with Crippen molar-refractivity contribution >= 4 is 11.9 Å². The third-order valence-electron chi connectivity index (χ3n) is 1.54. The molecule has 4 N–H and O–H groups in total. The van der Waals surface area contributed by atoms with Crippen molar-refractivity contribution in [2.24, 2.45) is 0 Å². The monoisotopic (exact) mass is 203 g/mol. The van der Waals surface area contributed by atoms with Crippen molar-refractivity contribution in [2.75, 3.05) is 0 Å². The fraction of sp³-hybridized carbons (Fsp3) is 0.500. The quantitative estimate of drug-likeness (QED) is 0.325. The van der Waals surface area contributed by atoms with Gasteiger partial charge in [0.05, 0.1) is 0 Å². The maximum absolute atomic E-state index is 10.6. The van der Waals surface area contributed by atoms with Gasteiger partial charge in [-0.3, -0.25) is 14.9 Å². The lowest BCUT2D eigenvalue weighted by Gasteiger charge is -2.15. The van der Waals surface area contributed by atoms with E-state index in [0.717, 1.165) is 6.08 Å². The van der Waals surface area contributed by atoms with Gasteiger partial charge in [0.15, 0.2) is 0 Å². The Labute approximate surface area is 80.9 Å². The van der Waals surface area contributed by atoms with Crippen LogP contribution in [0, 0.1) is 0 Å². The summed E-state index contributed by atoms with van der Waals surface area (Å²) < 4.78 is 0. The molecule has 6 nitrogen and oxygen atoms in total. The molecule has 0 fully saturated rings. The van der Waals surface area contributed by atoms with E-state index in [1.54, 1.807) is 0 Å². The molecule has 0 heterocycles. The van der Waals surface area contributed by atoms with Gasteiger partial charge in [0, 0.05) is 6.42 Å². The predicted molar refractivity (Wildman–Crippen MR) is 47.6 cm³/mol. The summed E-state index contributed by atoms with van der Waals surface area (Å²) in [5, 5.41) is 28.3. The summed E-state index contributed by atoms with van der Waals surface area (Å²) in [4.78, 5) is 20.7. The fourth-order valence-electron chi connectivity index (χ4n) is 0.820. The number of nitrogens with one attached hydrogen (secondary N) is 1. The molecule has 0 aromatic heterocycles. The van der Waals surface area contributed by atoms with Gasteiger partial charge >= 0.3 is 11.9 Å². The molecule has 0 bridgehead atoms. The molecule has 2 unspecified atom stereocenters. The average Bonchev–Trinajstić information content (AvgIpc) is 2.10. The molecular weight excluding hydrogens is 190 g/mol. The zero-order valence-electron chi connectivity index (χ0n) is 7.51. The second-order valence-electron chi connectivity index (χ2n) is 2.67. The minimum absolute atomic E-state index is 0.0877. The SMILES string of the molecule is C=CC(O)NC(CCC(=O)O)C(=O)O. The largest absolute Gasteiger partial charge is 0.481 e. The van der Waals surface area contributed by atoms with Gasteiger partial charge < -0.3 is 15.3 Å².